The SMILES string of the molecule is c1ccc(-c2cc3nccnc3cc2-n2c3ccccc3c3c4c5ccccc5n(-c5ccccc5)c4ccc32)cc1.c1ccc(-c2nc3cccc(-c4cccc(-n5c6ccccc6c6c7c8ccccc8n(-c8ccccc8)c7ccc65)c4)c3nc2-c2ccccc2)cc1. The molecule has 20 aromatic rings. The monoisotopic (exact) mass is 1220 g/mol. The number of rotatable bonds is 8. The number of fused-ring (bicyclic) bond motifs is 16. The van der Waals surface area contributed by atoms with E-state index >= 15 is 0 Å². The number of nitrogens with zero attached hydrogens (tertiary/aromatic N) is 8. The zero-order valence-electron chi connectivity index (χ0n) is 51.9. The van der Waals surface area contributed by atoms with Gasteiger partial charge in [-0.3, -0.25) is 9.97 Å². The van der Waals surface area contributed by atoms with Crippen LogP contribution in [0, 0.1) is 0 Å². The van der Waals surface area contributed by atoms with Gasteiger partial charge in [-0.2, -0.15) is 0 Å². The first-order valence-electron chi connectivity index (χ1n) is 32.5. The molecule has 96 heavy (non-hydrogen) atoms. The van der Waals surface area contributed by atoms with Crippen molar-refractivity contribution in [3.05, 3.63) is 340 Å². The molecule has 8 heteroatoms. The van der Waals surface area contributed by atoms with Crippen LogP contribution in [0.4, 0.5) is 0 Å². The summed E-state index contributed by atoms with van der Waals surface area (Å²) in [7, 11) is 0. The zero-order valence-corrected chi connectivity index (χ0v) is 51.9. The van der Waals surface area contributed by atoms with Crippen molar-refractivity contribution in [2.75, 3.05) is 0 Å². The number of benzene rings is 14. The Hall–Kier alpha value is -13.0. The smallest absolute Gasteiger partial charge is 0.0973 e. The molecule has 20 rings (SSSR count). The molecule has 0 aliphatic carbocycles. The lowest BCUT2D eigenvalue weighted by molar-refractivity contribution is 1.17. The van der Waals surface area contributed by atoms with Crippen LogP contribution in [0.25, 0.3) is 177 Å². The molecular formula is C88H56N8. The summed E-state index contributed by atoms with van der Waals surface area (Å²) in [4.78, 5) is 20.0. The average molecular weight is 1230 g/mol. The normalized spacial score (nSPS) is 11.8. The number of aromatic nitrogens is 8. The fraction of sp³-hybridized carbons (Fsp3) is 0. The summed E-state index contributed by atoms with van der Waals surface area (Å²) < 4.78 is 9.61. The number of para-hydroxylation sites is 7. The molecule has 0 fully saturated rings. The van der Waals surface area contributed by atoms with Crippen molar-refractivity contribution < 1.29 is 0 Å². The van der Waals surface area contributed by atoms with Crippen molar-refractivity contribution in [3.63, 3.8) is 0 Å². The minimum absolute atomic E-state index is 0.866. The largest absolute Gasteiger partial charge is 0.309 e. The lowest BCUT2D eigenvalue weighted by atomic mass is 10.0. The molecule has 0 saturated carbocycles. The van der Waals surface area contributed by atoms with Crippen LogP contribution in [0.1, 0.15) is 0 Å². The summed E-state index contributed by atoms with van der Waals surface area (Å²) in [5, 5.41) is 10.0. The second kappa shape index (κ2) is 22.4. The number of hydrogen-bond acceptors (Lipinski definition) is 4. The molecule has 6 heterocycles. The highest BCUT2D eigenvalue weighted by Gasteiger charge is 2.25. The van der Waals surface area contributed by atoms with Crippen LogP contribution in [0.15, 0.2) is 340 Å². The summed E-state index contributed by atoms with van der Waals surface area (Å²) >= 11 is 0. The first kappa shape index (κ1) is 54.7. The standard InChI is InChI=1S/C50H32N4.C38H24N4/c1-4-16-33(17-5-1)48-49(34-18-6-2-7-19-34)52-50-38(26-15-27-41(50)51-48)35-20-14-23-37(32-35)54-43-29-13-11-25-40(43)47-45(54)31-30-44-46(47)39-24-10-12-28-42(39)53(44)36-21-8-3-9-22-36;1-3-11-25(12-4-1)29-23-30-31(40-22-21-39-30)24-36(29)42-33-18-10-8-16-28(33)38-35(42)20-19-34-37(38)27-15-7-9-17-32(27)41(34)26-13-5-2-6-14-26/h1-32H;1-24H. The first-order valence-corrected chi connectivity index (χ1v) is 32.5. The van der Waals surface area contributed by atoms with Crippen molar-refractivity contribution in [2.24, 2.45) is 0 Å². The zero-order chi connectivity index (χ0) is 63.2. The fourth-order valence-corrected chi connectivity index (χ4v) is 15.0. The highest BCUT2D eigenvalue weighted by atomic mass is 15.0. The molecule has 0 N–H and O–H groups in total. The Balaban J connectivity index is 0.000000140. The van der Waals surface area contributed by atoms with Gasteiger partial charge in [0.2, 0.25) is 0 Å². The molecule has 6 aromatic heterocycles. The Morgan fingerprint density at radius 1 is 0.219 bits per heavy atom. The maximum absolute atomic E-state index is 5.41. The maximum Gasteiger partial charge on any atom is 0.0973 e. The minimum Gasteiger partial charge on any atom is -0.309 e. The highest BCUT2D eigenvalue weighted by molar-refractivity contribution is 6.30. The molecule has 0 aliphatic heterocycles. The van der Waals surface area contributed by atoms with Crippen LogP contribution >= 0.6 is 0 Å². The summed E-state index contributed by atoms with van der Waals surface area (Å²) in [5.74, 6) is 0. The Bertz CT molecular complexity index is 6430. The fourth-order valence-electron chi connectivity index (χ4n) is 15.0. The van der Waals surface area contributed by atoms with E-state index in [4.69, 9.17) is 15.0 Å². The molecule has 0 amide bonds. The predicted molar refractivity (Wildman–Crippen MR) is 398 cm³/mol. The molecule has 0 saturated heterocycles. The molecule has 0 aliphatic rings. The van der Waals surface area contributed by atoms with E-state index < -0.39 is 0 Å². The van der Waals surface area contributed by atoms with Gasteiger partial charge < -0.3 is 18.3 Å². The highest BCUT2D eigenvalue weighted by Crippen LogP contribution is 2.46. The topological polar surface area (TPSA) is 71.3 Å². The van der Waals surface area contributed by atoms with Crippen LogP contribution in [-0.2, 0) is 0 Å². The lowest BCUT2D eigenvalue weighted by Gasteiger charge is -2.15. The van der Waals surface area contributed by atoms with Crippen molar-refractivity contribution in [2.45, 2.75) is 0 Å². The van der Waals surface area contributed by atoms with Gasteiger partial charge in [-0.25, -0.2) is 9.97 Å². The van der Waals surface area contributed by atoms with Crippen LogP contribution < -0.4 is 0 Å². The summed E-state index contributed by atoms with van der Waals surface area (Å²) in [6, 6.07) is 116. The van der Waals surface area contributed by atoms with Gasteiger partial charge in [0.25, 0.3) is 0 Å². The summed E-state index contributed by atoms with van der Waals surface area (Å²) in [5.41, 5.74) is 25.7. The molecule has 0 radical (unpaired) electrons. The Morgan fingerprint density at radius 3 is 1.07 bits per heavy atom. The molecule has 0 bridgehead atoms. The van der Waals surface area contributed by atoms with Crippen LogP contribution in [0.5, 0.6) is 0 Å². The minimum atomic E-state index is 0.866. The Kier molecular flexibility index (Phi) is 12.7. The van der Waals surface area contributed by atoms with Gasteiger partial charge in [0.15, 0.2) is 0 Å². The van der Waals surface area contributed by atoms with Gasteiger partial charge in [-0.05, 0) is 114 Å². The molecule has 8 nitrogen and oxygen atoms in total. The van der Waals surface area contributed by atoms with Gasteiger partial charge in [-0.15, -0.1) is 0 Å². The molecule has 448 valence electrons. The van der Waals surface area contributed by atoms with E-state index in [0.29, 0.717) is 0 Å². The van der Waals surface area contributed by atoms with E-state index in [1.807, 2.05) is 12.1 Å². The van der Waals surface area contributed by atoms with Gasteiger partial charge in [0, 0.05) is 94.8 Å². The molecular weight excluding hydrogens is 1170 g/mol. The van der Waals surface area contributed by atoms with Gasteiger partial charge >= 0.3 is 0 Å². The van der Waals surface area contributed by atoms with Crippen LogP contribution in [-0.4, -0.2) is 38.2 Å². The second-order valence-electron chi connectivity index (χ2n) is 24.4. The number of hydrogen-bond donors (Lipinski definition) is 0. The quantitative estimate of drug-likeness (QED) is 0.152. The van der Waals surface area contributed by atoms with E-state index in [1.54, 1.807) is 12.4 Å². The third kappa shape index (κ3) is 8.70. The lowest BCUT2D eigenvalue weighted by Crippen LogP contribution is -1.99. The summed E-state index contributed by atoms with van der Waals surface area (Å²) in [6.45, 7) is 0. The first-order chi connectivity index (χ1) is 47.7. The van der Waals surface area contributed by atoms with Gasteiger partial charge in [0.1, 0.15) is 0 Å². The second-order valence-corrected chi connectivity index (χ2v) is 24.4. The average Bonchev–Trinajstić information content (AvgIpc) is 1.55. The van der Waals surface area contributed by atoms with E-state index in [9.17, 15) is 0 Å². The van der Waals surface area contributed by atoms with Crippen LogP contribution in [0.2, 0.25) is 0 Å². The van der Waals surface area contributed by atoms with Crippen molar-refractivity contribution >= 4 is 109 Å². The third-order valence-corrected chi connectivity index (χ3v) is 19.1. The van der Waals surface area contributed by atoms with Gasteiger partial charge in [-0.1, -0.05) is 224 Å². The molecule has 0 spiro atoms. The van der Waals surface area contributed by atoms with E-state index in [-0.39, 0.29) is 0 Å². The van der Waals surface area contributed by atoms with E-state index in [0.717, 1.165) is 95.1 Å². The molecule has 0 atom stereocenters. The van der Waals surface area contributed by atoms with E-state index in [1.165, 1.54) is 81.7 Å². The third-order valence-electron chi connectivity index (χ3n) is 19.1. The van der Waals surface area contributed by atoms with E-state index in [2.05, 4.69) is 339 Å². The Labute approximate surface area is 551 Å². The van der Waals surface area contributed by atoms with Crippen molar-refractivity contribution in [3.8, 4) is 67.5 Å². The maximum atomic E-state index is 5.41. The van der Waals surface area contributed by atoms with Crippen LogP contribution in [0.3, 0.4) is 0 Å². The Morgan fingerprint density at radius 2 is 0.583 bits per heavy atom. The molecule has 0 unspecified atom stereocenters. The van der Waals surface area contributed by atoms with Crippen molar-refractivity contribution in [1.82, 2.24) is 38.2 Å². The van der Waals surface area contributed by atoms with Gasteiger partial charge in [0.05, 0.1) is 83.3 Å². The molecule has 14 aromatic carbocycles. The summed E-state index contributed by atoms with van der Waals surface area (Å²) in [6.07, 6.45) is 3.53. The van der Waals surface area contributed by atoms with Crippen molar-refractivity contribution in [1.29, 1.82) is 0 Å². The predicted octanol–water partition coefficient (Wildman–Crippen LogP) is 22.3.